The molecule has 0 spiro atoms. The van der Waals surface area contributed by atoms with E-state index in [0.29, 0.717) is 5.56 Å². The molecule has 0 aliphatic carbocycles. The molecule has 0 atom stereocenters. The Labute approximate surface area is 85.0 Å². The summed E-state index contributed by atoms with van der Waals surface area (Å²) < 4.78 is 1.00. The van der Waals surface area contributed by atoms with E-state index in [1.54, 1.807) is 24.6 Å². The first-order chi connectivity index (χ1) is 6.72. The molecule has 0 radical (unpaired) electrons. The van der Waals surface area contributed by atoms with Crippen molar-refractivity contribution >= 4 is 27.3 Å². The molecule has 0 aliphatic heterocycles. The van der Waals surface area contributed by atoms with Crippen LogP contribution in [0, 0.1) is 0 Å². The van der Waals surface area contributed by atoms with Crippen molar-refractivity contribution in [1.82, 2.24) is 5.32 Å². The fraction of sp³-hybridized carbons (Fsp3) is 0.100. The molecule has 72 valence electrons. The largest absolute Gasteiger partial charge is 0.508 e. The van der Waals surface area contributed by atoms with Crippen LogP contribution in [0.2, 0.25) is 0 Å². The highest BCUT2D eigenvalue weighted by molar-refractivity contribution is 7.17. The zero-order chi connectivity index (χ0) is 10.1. The summed E-state index contributed by atoms with van der Waals surface area (Å²) in [4.78, 5) is 11.4. The lowest BCUT2D eigenvalue weighted by Gasteiger charge is -1.97. The van der Waals surface area contributed by atoms with Crippen LogP contribution >= 0.6 is 11.3 Å². The SMILES string of the molecule is CNC(=O)c1csc2ccc(O)cc12. The minimum atomic E-state index is -0.123. The number of amides is 1. The number of hydrogen-bond acceptors (Lipinski definition) is 3. The predicted molar refractivity (Wildman–Crippen MR) is 56.9 cm³/mol. The Bertz CT molecular complexity index is 490. The maximum absolute atomic E-state index is 11.4. The molecular formula is C10H9NO2S. The molecule has 14 heavy (non-hydrogen) atoms. The molecule has 1 heterocycles. The van der Waals surface area contributed by atoms with E-state index >= 15 is 0 Å². The van der Waals surface area contributed by atoms with Gasteiger partial charge in [0.1, 0.15) is 5.75 Å². The van der Waals surface area contributed by atoms with Gasteiger partial charge in [-0.1, -0.05) is 0 Å². The molecule has 0 bridgehead atoms. The van der Waals surface area contributed by atoms with Crippen LogP contribution in [0.15, 0.2) is 23.6 Å². The van der Waals surface area contributed by atoms with Crippen molar-refractivity contribution in [2.75, 3.05) is 7.05 Å². The van der Waals surface area contributed by atoms with Gasteiger partial charge in [-0.3, -0.25) is 4.79 Å². The van der Waals surface area contributed by atoms with E-state index in [-0.39, 0.29) is 11.7 Å². The number of aromatic hydroxyl groups is 1. The summed E-state index contributed by atoms with van der Waals surface area (Å²) in [5.41, 5.74) is 0.614. The Kier molecular flexibility index (Phi) is 2.13. The van der Waals surface area contributed by atoms with E-state index in [1.807, 2.05) is 6.07 Å². The zero-order valence-corrected chi connectivity index (χ0v) is 8.39. The van der Waals surface area contributed by atoms with Crippen molar-refractivity contribution in [3.05, 3.63) is 29.1 Å². The van der Waals surface area contributed by atoms with Gasteiger partial charge in [0.2, 0.25) is 0 Å². The van der Waals surface area contributed by atoms with E-state index in [2.05, 4.69) is 5.32 Å². The van der Waals surface area contributed by atoms with E-state index in [1.165, 1.54) is 11.3 Å². The number of benzene rings is 1. The van der Waals surface area contributed by atoms with Crippen LogP contribution < -0.4 is 5.32 Å². The third kappa shape index (κ3) is 1.33. The van der Waals surface area contributed by atoms with Crippen LogP contribution in [-0.2, 0) is 0 Å². The number of phenolic OH excluding ortho intramolecular Hbond substituents is 1. The van der Waals surface area contributed by atoms with Crippen LogP contribution in [0.25, 0.3) is 10.1 Å². The standard InChI is InChI=1S/C10H9NO2S/c1-11-10(13)8-5-14-9-3-2-6(12)4-7(8)9/h2-5,12H,1H3,(H,11,13). The predicted octanol–water partition coefficient (Wildman–Crippen LogP) is 1.97. The molecule has 3 nitrogen and oxygen atoms in total. The van der Waals surface area contributed by atoms with Crippen LogP contribution in [-0.4, -0.2) is 18.1 Å². The molecule has 0 fully saturated rings. The number of hydrogen-bond donors (Lipinski definition) is 2. The van der Waals surface area contributed by atoms with E-state index < -0.39 is 0 Å². The van der Waals surface area contributed by atoms with Gasteiger partial charge in [0.25, 0.3) is 5.91 Å². The molecule has 0 saturated heterocycles. The summed E-state index contributed by atoms with van der Waals surface area (Å²) >= 11 is 1.49. The third-order valence-electron chi connectivity index (χ3n) is 2.03. The first kappa shape index (κ1) is 9.02. The van der Waals surface area contributed by atoms with Gasteiger partial charge >= 0.3 is 0 Å². The summed E-state index contributed by atoms with van der Waals surface area (Å²) in [5, 5.41) is 14.5. The van der Waals surface area contributed by atoms with Crippen molar-refractivity contribution < 1.29 is 9.90 Å². The molecule has 4 heteroatoms. The maximum atomic E-state index is 11.4. The van der Waals surface area contributed by atoms with Gasteiger partial charge in [0, 0.05) is 22.5 Å². The minimum absolute atomic E-state index is 0.123. The molecular weight excluding hydrogens is 198 g/mol. The Morgan fingerprint density at radius 1 is 1.50 bits per heavy atom. The third-order valence-corrected chi connectivity index (χ3v) is 2.99. The summed E-state index contributed by atoms with van der Waals surface area (Å²) in [6.07, 6.45) is 0. The summed E-state index contributed by atoms with van der Waals surface area (Å²) in [7, 11) is 1.59. The monoisotopic (exact) mass is 207 g/mol. The van der Waals surface area contributed by atoms with Gasteiger partial charge in [0.05, 0.1) is 5.56 Å². The Hall–Kier alpha value is -1.55. The molecule has 1 aromatic heterocycles. The smallest absolute Gasteiger partial charge is 0.252 e. The molecule has 0 saturated carbocycles. The fourth-order valence-electron chi connectivity index (χ4n) is 1.33. The van der Waals surface area contributed by atoms with E-state index in [0.717, 1.165) is 10.1 Å². The van der Waals surface area contributed by atoms with Crippen molar-refractivity contribution in [2.24, 2.45) is 0 Å². The lowest BCUT2D eigenvalue weighted by atomic mass is 10.1. The Morgan fingerprint density at radius 2 is 2.29 bits per heavy atom. The van der Waals surface area contributed by atoms with Crippen LogP contribution in [0.5, 0.6) is 5.75 Å². The summed E-state index contributed by atoms with van der Waals surface area (Å²) in [6.45, 7) is 0. The number of carbonyl (C=O) groups is 1. The number of carbonyl (C=O) groups excluding carboxylic acids is 1. The van der Waals surface area contributed by atoms with Crippen LogP contribution in [0.3, 0.4) is 0 Å². The lowest BCUT2D eigenvalue weighted by Crippen LogP contribution is -2.17. The average Bonchev–Trinajstić information content (AvgIpc) is 2.59. The van der Waals surface area contributed by atoms with Gasteiger partial charge in [-0.25, -0.2) is 0 Å². The van der Waals surface area contributed by atoms with Gasteiger partial charge < -0.3 is 10.4 Å². The number of rotatable bonds is 1. The first-order valence-corrected chi connectivity index (χ1v) is 5.02. The normalized spacial score (nSPS) is 10.4. The second kappa shape index (κ2) is 3.31. The summed E-state index contributed by atoms with van der Waals surface area (Å²) in [5.74, 6) is 0.0582. The van der Waals surface area contributed by atoms with Crippen molar-refractivity contribution in [1.29, 1.82) is 0 Å². The van der Waals surface area contributed by atoms with E-state index in [9.17, 15) is 9.90 Å². The van der Waals surface area contributed by atoms with Crippen LogP contribution in [0.1, 0.15) is 10.4 Å². The second-order valence-corrected chi connectivity index (χ2v) is 3.82. The minimum Gasteiger partial charge on any atom is -0.508 e. The molecule has 1 aromatic carbocycles. The highest BCUT2D eigenvalue weighted by Crippen LogP contribution is 2.28. The highest BCUT2D eigenvalue weighted by atomic mass is 32.1. The summed E-state index contributed by atoms with van der Waals surface area (Å²) in [6, 6.07) is 5.03. The molecule has 0 unspecified atom stereocenters. The highest BCUT2D eigenvalue weighted by Gasteiger charge is 2.10. The zero-order valence-electron chi connectivity index (χ0n) is 7.57. The van der Waals surface area contributed by atoms with Gasteiger partial charge in [0.15, 0.2) is 0 Å². The topological polar surface area (TPSA) is 49.3 Å². The molecule has 2 aromatic rings. The quantitative estimate of drug-likeness (QED) is 0.751. The van der Waals surface area contributed by atoms with Gasteiger partial charge in [-0.15, -0.1) is 11.3 Å². The molecule has 1 amide bonds. The van der Waals surface area contributed by atoms with Gasteiger partial charge in [-0.2, -0.15) is 0 Å². The number of nitrogens with one attached hydrogen (secondary N) is 1. The number of fused-ring (bicyclic) bond motifs is 1. The second-order valence-electron chi connectivity index (χ2n) is 2.91. The first-order valence-electron chi connectivity index (χ1n) is 4.14. The van der Waals surface area contributed by atoms with Crippen molar-refractivity contribution in [3.8, 4) is 5.75 Å². The van der Waals surface area contributed by atoms with E-state index in [4.69, 9.17) is 0 Å². The fourth-order valence-corrected chi connectivity index (χ4v) is 2.25. The average molecular weight is 207 g/mol. The number of thiophene rings is 1. The molecule has 0 aliphatic rings. The van der Waals surface area contributed by atoms with Gasteiger partial charge in [-0.05, 0) is 18.2 Å². The Balaban J connectivity index is 2.67. The molecule has 2 rings (SSSR count). The van der Waals surface area contributed by atoms with Crippen molar-refractivity contribution in [2.45, 2.75) is 0 Å². The number of phenols is 1. The molecule has 2 N–H and O–H groups in total. The van der Waals surface area contributed by atoms with Crippen LogP contribution in [0.4, 0.5) is 0 Å². The Morgan fingerprint density at radius 3 is 3.00 bits per heavy atom. The maximum Gasteiger partial charge on any atom is 0.252 e. The van der Waals surface area contributed by atoms with Crippen molar-refractivity contribution in [3.63, 3.8) is 0 Å². The lowest BCUT2D eigenvalue weighted by molar-refractivity contribution is 0.0965.